The van der Waals surface area contributed by atoms with Gasteiger partial charge in [0.15, 0.2) is 5.69 Å². The standard InChI is InChI=1S/C10H15N3O2/c1-7-6-11-8(4-5-13(2)3)12-9(7)10(14)15/h6H,4-5H2,1-3H3,(H,14,15). The first-order chi connectivity index (χ1) is 7.00. The Kier molecular flexibility index (Phi) is 3.74. The highest BCUT2D eigenvalue weighted by Gasteiger charge is 2.10. The maximum Gasteiger partial charge on any atom is 0.354 e. The van der Waals surface area contributed by atoms with Crippen LogP contribution in [0.25, 0.3) is 0 Å². The molecule has 5 heteroatoms. The number of carboxylic acids is 1. The van der Waals surface area contributed by atoms with Gasteiger partial charge in [0.1, 0.15) is 5.82 Å². The third kappa shape index (κ3) is 3.28. The van der Waals surface area contributed by atoms with Crippen LogP contribution in [0.2, 0.25) is 0 Å². The number of aromatic carboxylic acids is 1. The number of carbonyl (C=O) groups is 1. The second kappa shape index (κ2) is 4.84. The minimum Gasteiger partial charge on any atom is -0.477 e. The fraction of sp³-hybridized carbons (Fsp3) is 0.500. The zero-order valence-electron chi connectivity index (χ0n) is 9.19. The molecule has 82 valence electrons. The number of likely N-dealkylation sites (N-methyl/N-ethyl adjacent to an activating group) is 1. The molecule has 1 N–H and O–H groups in total. The Morgan fingerprint density at radius 2 is 2.20 bits per heavy atom. The molecule has 0 aliphatic heterocycles. The Bertz CT molecular complexity index is 364. The van der Waals surface area contributed by atoms with Crippen LogP contribution < -0.4 is 0 Å². The molecule has 0 atom stereocenters. The van der Waals surface area contributed by atoms with E-state index in [2.05, 4.69) is 9.97 Å². The summed E-state index contributed by atoms with van der Waals surface area (Å²) >= 11 is 0. The summed E-state index contributed by atoms with van der Waals surface area (Å²) in [5.74, 6) is -0.423. The number of aryl methyl sites for hydroxylation is 1. The van der Waals surface area contributed by atoms with Crippen molar-refractivity contribution in [2.45, 2.75) is 13.3 Å². The summed E-state index contributed by atoms with van der Waals surface area (Å²) in [6.45, 7) is 2.50. The van der Waals surface area contributed by atoms with Gasteiger partial charge in [0.2, 0.25) is 0 Å². The van der Waals surface area contributed by atoms with E-state index in [1.54, 1.807) is 13.1 Å². The van der Waals surface area contributed by atoms with Gasteiger partial charge in [0.25, 0.3) is 0 Å². The lowest BCUT2D eigenvalue weighted by molar-refractivity contribution is 0.0689. The third-order valence-corrected chi connectivity index (χ3v) is 2.01. The van der Waals surface area contributed by atoms with Gasteiger partial charge in [0, 0.05) is 24.7 Å². The van der Waals surface area contributed by atoms with Crippen molar-refractivity contribution in [2.75, 3.05) is 20.6 Å². The molecule has 1 rings (SSSR count). The molecule has 1 aromatic heterocycles. The highest BCUT2D eigenvalue weighted by molar-refractivity contribution is 5.86. The first kappa shape index (κ1) is 11.6. The molecule has 0 aliphatic rings. The number of rotatable bonds is 4. The highest BCUT2D eigenvalue weighted by Crippen LogP contribution is 2.04. The van der Waals surface area contributed by atoms with E-state index in [1.807, 2.05) is 19.0 Å². The second-order valence-electron chi connectivity index (χ2n) is 3.68. The van der Waals surface area contributed by atoms with E-state index in [9.17, 15) is 4.79 Å². The van der Waals surface area contributed by atoms with Crippen molar-refractivity contribution in [3.63, 3.8) is 0 Å². The number of hydrogen-bond donors (Lipinski definition) is 1. The van der Waals surface area contributed by atoms with Gasteiger partial charge < -0.3 is 10.0 Å². The molecule has 0 spiro atoms. The number of aromatic nitrogens is 2. The van der Waals surface area contributed by atoms with E-state index in [1.165, 1.54) is 0 Å². The molecule has 0 bridgehead atoms. The molecule has 0 saturated carbocycles. The predicted octanol–water partition coefficient (Wildman–Crippen LogP) is 0.587. The molecule has 1 aromatic rings. The van der Waals surface area contributed by atoms with Crippen molar-refractivity contribution in [1.29, 1.82) is 0 Å². The predicted molar refractivity (Wildman–Crippen MR) is 56.0 cm³/mol. The Balaban J connectivity index is 2.83. The van der Waals surface area contributed by atoms with Crippen molar-refractivity contribution in [3.8, 4) is 0 Å². The summed E-state index contributed by atoms with van der Waals surface area (Å²) in [5, 5.41) is 8.87. The van der Waals surface area contributed by atoms with Gasteiger partial charge in [-0.1, -0.05) is 0 Å². The second-order valence-corrected chi connectivity index (χ2v) is 3.68. The Labute approximate surface area is 88.8 Å². The van der Waals surface area contributed by atoms with Gasteiger partial charge in [-0.15, -0.1) is 0 Å². The average Bonchev–Trinajstić information content (AvgIpc) is 2.16. The van der Waals surface area contributed by atoms with Crippen molar-refractivity contribution >= 4 is 5.97 Å². The molecular weight excluding hydrogens is 194 g/mol. The summed E-state index contributed by atoms with van der Waals surface area (Å²) in [5.41, 5.74) is 0.690. The van der Waals surface area contributed by atoms with Crippen LogP contribution in [0.1, 0.15) is 21.9 Å². The SMILES string of the molecule is Cc1cnc(CCN(C)C)nc1C(=O)O. The minimum atomic E-state index is -0.999. The zero-order valence-corrected chi connectivity index (χ0v) is 9.19. The minimum absolute atomic E-state index is 0.0961. The van der Waals surface area contributed by atoms with Crippen LogP contribution >= 0.6 is 0 Å². The summed E-state index contributed by atoms with van der Waals surface area (Å²) in [6.07, 6.45) is 2.22. The van der Waals surface area contributed by atoms with Gasteiger partial charge in [-0.3, -0.25) is 0 Å². The molecule has 0 amide bonds. The Hall–Kier alpha value is -1.49. The monoisotopic (exact) mass is 209 g/mol. The summed E-state index contributed by atoms with van der Waals surface area (Å²) < 4.78 is 0. The van der Waals surface area contributed by atoms with Crippen LogP contribution in [-0.2, 0) is 6.42 Å². The van der Waals surface area contributed by atoms with E-state index >= 15 is 0 Å². The van der Waals surface area contributed by atoms with Crippen molar-refractivity contribution in [1.82, 2.24) is 14.9 Å². The fourth-order valence-electron chi connectivity index (χ4n) is 1.14. The lowest BCUT2D eigenvalue weighted by Crippen LogP contribution is -2.17. The van der Waals surface area contributed by atoms with E-state index < -0.39 is 5.97 Å². The van der Waals surface area contributed by atoms with Gasteiger partial charge >= 0.3 is 5.97 Å². The number of carboxylic acid groups (broad SMARTS) is 1. The fourth-order valence-corrected chi connectivity index (χ4v) is 1.14. The van der Waals surface area contributed by atoms with Crippen molar-refractivity contribution in [3.05, 3.63) is 23.3 Å². The van der Waals surface area contributed by atoms with Gasteiger partial charge in [-0.05, 0) is 21.0 Å². The lowest BCUT2D eigenvalue weighted by Gasteiger charge is -2.08. The highest BCUT2D eigenvalue weighted by atomic mass is 16.4. The van der Waals surface area contributed by atoms with Gasteiger partial charge in [0.05, 0.1) is 0 Å². The van der Waals surface area contributed by atoms with Crippen LogP contribution in [0.4, 0.5) is 0 Å². The maximum absolute atomic E-state index is 10.8. The van der Waals surface area contributed by atoms with Crippen molar-refractivity contribution in [2.24, 2.45) is 0 Å². The first-order valence-corrected chi connectivity index (χ1v) is 4.71. The van der Waals surface area contributed by atoms with Crippen LogP contribution in [0.15, 0.2) is 6.20 Å². The molecule has 0 radical (unpaired) electrons. The Morgan fingerprint density at radius 3 is 2.73 bits per heavy atom. The van der Waals surface area contributed by atoms with E-state index in [-0.39, 0.29) is 5.69 Å². The molecule has 0 aliphatic carbocycles. The molecule has 0 unspecified atom stereocenters. The lowest BCUT2D eigenvalue weighted by atomic mass is 10.2. The van der Waals surface area contributed by atoms with Crippen molar-refractivity contribution < 1.29 is 9.90 Å². The quantitative estimate of drug-likeness (QED) is 0.786. The normalized spacial score (nSPS) is 10.7. The molecule has 5 nitrogen and oxygen atoms in total. The first-order valence-electron chi connectivity index (χ1n) is 4.71. The zero-order chi connectivity index (χ0) is 11.4. The largest absolute Gasteiger partial charge is 0.477 e. The van der Waals surface area contributed by atoms with E-state index in [0.717, 1.165) is 6.54 Å². The van der Waals surface area contributed by atoms with Gasteiger partial charge in [-0.2, -0.15) is 0 Å². The molecule has 1 heterocycles. The average molecular weight is 209 g/mol. The van der Waals surface area contributed by atoms with E-state index in [0.29, 0.717) is 17.8 Å². The summed E-state index contributed by atoms with van der Waals surface area (Å²) in [4.78, 5) is 20.9. The molecule has 0 saturated heterocycles. The number of hydrogen-bond acceptors (Lipinski definition) is 4. The van der Waals surface area contributed by atoms with Crippen LogP contribution in [0.5, 0.6) is 0 Å². The molecular formula is C10H15N3O2. The van der Waals surface area contributed by atoms with Crippen LogP contribution in [0.3, 0.4) is 0 Å². The van der Waals surface area contributed by atoms with Crippen LogP contribution in [-0.4, -0.2) is 46.6 Å². The topological polar surface area (TPSA) is 66.3 Å². The van der Waals surface area contributed by atoms with Crippen LogP contribution in [0, 0.1) is 6.92 Å². The third-order valence-electron chi connectivity index (χ3n) is 2.01. The number of nitrogens with zero attached hydrogens (tertiary/aromatic N) is 3. The molecule has 0 fully saturated rings. The Morgan fingerprint density at radius 1 is 1.53 bits per heavy atom. The maximum atomic E-state index is 10.8. The molecule has 15 heavy (non-hydrogen) atoms. The van der Waals surface area contributed by atoms with E-state index in [4.69, 9.17) is 5.11 Å². The smallest absolute Gasteiger partial charge is 0.354 e. The summed E-state index contributed by atoms with van der Waals surface area (Å²) in [7, 11) is 3.90. The van der Waals surface area contributed by atoms with Gasteiger partial charge in [-0.25, -0.2) is 14.8 Å². The summed E-state index contributed by atoms with van der Waals surface area (Å²) in [6, 6.07) is 0. The molecule has 0 aromatic carbocycles.